The van der Waals surface area contributed by atoms with Gasteiger partial charge in [0.1, 0.15) is 0 Å². The number of amides is 1. The van der Waals surface area contributed by atoms with Crippen LogP contribution in [0.3, 0.4) is 0 Å². The van der Waals surface area contributed by atoms with Crippen LogP contribution < -0.4 is 10.4 Å². The van der Waals surface area contributed by atoms with Crippen molar-refractivity contribution in [2.45, 2.75) is 12.3 Å². The van der Waals surface area contributed by atoms with Crippen LogP contribution in [0.2, 0.25) is 0 Å². The number of benzene rings is 1. The second-order valence-electron chi connectivity index (χ2n) is 3.21. The average molecular weight is 190 g/mol. The predicted molar refractivity (Wildman–Crippen MR) is 47.4 cm³/mol. The Hall–Kier alpha value is -1.84. The van der Waals surface area contributed by atoms with E-state index in [-0.39, 0.29) is 12.3 Å². The minimum atomic E-state index is -1.20. The lowest BCUT2D eigenvalue weighted by Gasteiger charge is -2.25. The van der Waals surface area contributed by atoms with Crippen molar-refractivity contribution in [1.82, 2.24) is 0 Å². The van der Waals surface area contributed by atoms with E-state index in [1.165, 1.54) is 0 Å². The second kappa shape index (κ2) is 3.14. The molecule has 2 rings (SSSR count). The standard InChI is InChI=1S/C10H9NO3/c12-9-5-7(10(13)14)6-3-1-2-4-8(6)11-9/h1-4,7H,5H2,(H,11,12)(H,13,14)/p-1/t7-/m1/s1. The average Bonchev–Trinajstić information content (AvgIpc) is 2.16. The molecule has 0 saturated heterocycles. The smallest absolute Gasteiger partial charge is 0.225 e. The van der Waals surface area contributed by atoms with E-state index in [2.05, 4.69) is 5.32 Å². The second-order valence-corrected chi connectivity index (χ2v) is 3.21. The fourth-order valence-corrected chi connectivity index (χ4v) is 1.62. The van der Waals surface area contributed by atoms with E-state index < -0.39 is 11.9 Å². The van der Waals surface area contributed by atoms with E-state index in [4.69, 9.17) is 0 Å². The first-order chi connectivity index (χ1) is 6.68. The van der Waals surface area contributed by atoms with Crippen LogP contribution in [-0.4, -0.2) is 11.9 Å². The molecular weight excluding hydrogens is 182 g/mol. The number of carboxylic acids is 1. The molecule has 14 heavy (non-hydrogen) atoms. The lowest BCUT2D eigenvalue weighted by atomic mass is 9.91. The van der Waals surface area contributed by atoms with Gasteiger partial charge in [0.05, 0.1) is 0 Å². The van der Waals surface area contributed by atoms with Gasteiger partial charge in [0.2, 0.25) is 5.91 Å². The summed E-state index contributed by atoms with van der Waals surface area (Å²) < 4.78 is 0. The summed E-state index contributed by atoms with van der Waals surface area (Å²) in [7, 11) is 0. The number of hydrogen-bond donors (Lipinski definition) is 1. The van der Waals surface area contributed by atoms with Crippen molar-refractivity contribution in [2.24, 2.45) is 0 Å². The molecule has 1 heterocycles. The predicted octanol–water partition coefficient (Wildman–Crippen LogP) is -0.138. The van der Waals surface area contributed by atoms with Crippen LogP contribution in [0.4, 0.5) is 5.69 Å². The maximum Gasteiger partial charge on any atom is 0.225 e. The van der Waals surface area contributed by atoms with Gasteiger partial charge in [-0.25, -0.2) is 0 Å². The lowest BCUT2D eigenvalue weighted by Crippen LogP contribution is -2.35. The number of anilines is 1. The van der Waals surface area contributed by atoms with E-state index in [0.29, 0.717) is 11.3 Å². The number of rotatable bonds is 1. The molecule has 72 valence electrons. The Labute approximate surface area is 80.6 Å². The number of aliphatic carboxylic acids is 1. The first kappa shape index (κ1) is 8.74. The molecule has 0 spiro atoms. The van der Waals surface area contributed by atoms with Crippen LogP contribution in [-0.2, 0) is 9.59 Å². The van der Waals surface area contributed by atoms with Gasteiger partial charge in [-0.15, -0.1) is 0 Å². The van der Waals surface area contributed by atoms with Gasteiger partial charge in [-0.3, -0.25) is 4.79 Å². The van der Waals surface area contributed by atoms with Crippen molar-refractivity contribution in [1.29, 1.82) is 0 Å². The Kier molecular flexibility index (Phi) is 1.96. The number of carboxylic acid groups (broad SMARTS) is 1. The first-order valence-corrected chi connectivity index (χ1v) is 4.28. The number of nitrogens with one attached hydrogen (secondary N) is 1. The van der Waals surface area contributed by atoms with Crippen molar-refractivity contribution in [3.05, 3.63) is 29.8 Å². The Balaban J connectivity index is 2.48. The number of carbonyl (C=O) groups excluding carboxylic acids is 2. The number of hydrogen-bond acceptors (Lipinski definition) is 3. The summed E-state index contributed by atoms with van der Waals surface area (Å²) >= 11 is 0. The molecule has 1 aromatic carbocycles. The van der Waals surface area contributed by atoms with Gasteiger partial charge in [-0.2, -0.15) is 0 Å². The third-order valence-corrected chi connectivity index (χ3v) is 2.28. The Morgan fingerprint density at radius 3 is 2.86 bits per heavy atom. The third-order valence-electron chi connectivity index (χ3n) is 2.28. The van der Waals surface area contributed by atoms with Gasteiger partial charge >= 0.3 is 0 Å². The molecule has 0 unspecified atom stereocenters. The van der Waals surface area contributed by atoms with Crippen LogP contribution in [0.25, 0.3) is 0 Å². The molecule has 1 aliphatic heterocycles. The van der Waals surface area contributed by atoms with E-state index in [0.717, 1.165) is 0 Å². The largest absolute Gasteiger partial charge is 0.549 e. The Bertz CT molecular complexity index is 400. The zero-order valence-electron chi connectivity index (χ0n) is 7.32. The maximum absolute atomic E-state index is 11.1. The van der Waals surface area contributed by atoms with Gasteiger partial charge in [-0.1, -0.05) is 18.2 Å². The summed E-state index contributed by atoms with van der Waals surface area (Å²) in [6, 6.07) is 6.86. The molecule has 1 aliphatic rings. The number of fused-ring (bicyclic) bond motifs is 1. The molecule has 0 saturated carbocycles. The Morgan fingerprint density at radius 1 is 1.43 bits per heavy atom. The SMILES string of the molecule is O=C1C[C@@H](C(=O)[O-])c2ccccc2N1. The third kappa shape index (κ3) is 1.35. The highest BCUT2D eigenvalue weighted by Gasteiger charge is 2.25. The van der Waals surface area contributed by atoms with Crippen molar-refractivity contribution >= 4 is 17.6 Å². The quantitative estimate of drug-likeness (QED) is 0.670. The maximum atomic E-state index is 11.1. The molecule has 0 aliphatic carbocycles. The molecule has 0 radical (unpaired) electrons. The number of para-hydroxylation sites is 1. The summed E-state index contributed by atoms with van der Waals surface area (Å²) in [5, 5.41) is 13.4. The monoisotopic (exact) mass is 190 g/mol. The normalized spacial score (nSPS) is 19.7. The van der Waals surface area contributed by atoms with Crippen molar-refractivity contribution in [3.8, 4) is 0 Å². The molecule has 0 fully saturated rings. The molecular formula is C10H8NO3-. The molecule has 4 heteroatoms. The molecule has 0 bridgehead atoms. The summed E-state index contributed by atoms with van der Waals surface area (Å²) in [6.45, 7) is 0. The van der Waals surface area contributed by atoms with Crippen molar-refractivity contribution < 1.29 is 14.7 Å². The highest BCUT2D eigenvalue weighted by molar-refractivity contribution is 5.99. The first-order valence-electron chi connectivity index (χ1n) is 4.28. The minimum Gasteiger partial charge on any atom is -0.549 e. The fourth-order valence-electron chi connectivity index (χ4n) is 1.62. The highest BCUT2D eigenvalue weighted by Crippen LogP contribution is 2.31. The molecule has 1 atom stereocenters. The zero-order valence-corrected chi connectivity index (χ0v) is 7.32. The van der Waals surface area contributed by atoms with Gasteiger partial charge < -0.3 is 15.2 Å². The molecule has 0 aromatic heterocycles. The van der Waals surface area contributed by atoms with Crippen LogP contribution >= 0.6 is 0 Å². The Morgan fingerprint density at radius 2 is 2.14 bits per heavy atom. The zero-order chi connectivity index (χ0) is 10.1. The fraction of sp³-hybridized carbons (Fsp3) is 0.200. The molecule has 1 N–H and O–H groups in total. The molecule has 1 amide bonds. The van der Waals surface area contributed by atoms with E-state index >= 15 is 0 Å². The molecule has 1 aromatic rings. The van der Waals surface area contributed by atoms with Gasteiger partial charge in [-0.05, 0) is 11.6 Å². The van der Waals surface area contributed by atoms with Crippen molar-refractivity contribution in [2.75, 3.05) is 5.32 Å². The number of carbonyl (C=O) groups is 2. The van der Waals surface area contributed by atoms with E-state index in [9.17, 15) is 14.7 Å². The van der Waals surface area contributed by atoms with Crippen LogP contribution in [0.15, 0.2) is 24.3 Å². The van der Waals surface area contributed by atoms with Gasteiger partial charge in [0.25, 0.3) is 0 Å². The highest BCUT2D eigenvalue weighted by atomic mass is 16.4. The van der Waals surface area contributed by atoms with Crippen molar-refractivity contribution in [3.63, 3.8) is 0 Å². The van der Waals surface area contributed by atoms with E-state index in [1.807, 2.05) is 0 Å². The van der Waals surface area contributed by atoms with E-state index in [1.54, 1.807) is 24.3 Å². The van der Waals surface area contributed by atoms with Gasteiger partial charge in [0, 0.05) is 24.0 Å². The van der Waals surface area contributed by atoms with Crippen LogP contribution in [0.5, 0.6) is 0 Å². The minimum absolute atomic E-state index is 0.0423. The molecule has 4 nitrogen and oxygen atoms in total. The summed E-state index contributed by atoms with van der Waals surface area (Å²) in [5.74, 6) is -2.30. The topological polar surface area (TPSA) is 69.2 Å². The van der Waals surface area contributed by atoms with Crippen LogP contribution in [0, 0.1) is 0 Å². The van der Waals surface area contributed by atoms with Gasteiger partial charge in [0.15, 0.2) is 0 Å². The summed E-state index contributed by atoms with van der Waals surface area (Å²) in [5.41, 5.74) is 1.19. The summed E-state index contributed by atoms with van der Waals surface area (Å²) in [6.07, 6.45) is -0.0423. The van der Waals surface area contributed by atoms with Crippen LogP contribution in [0.1, 0.15) is 17.9 Å². The summed E-state index contributed by atoms with van der Waals surface area (Å²) in [4.78, 5) is 21.9. The lowest BCUT2D eigenvalue weighted by molar-refractivity contribution is -0.308.